The van der Waals surface area contributed by atoms with Gasteiger partial charge in [-0.1, -0.05) is 30.3 Å². The molecule has 1 saturated heterocycles. The zero-order valence-corrected chi connectivity index (χ0v) is 16.7. The van der Waals surface area contributed by atoms with Crippen LogP contribution in [-0.2, 0) is 13.1 Å². The Morgan fingerprint density at radius 1 is 0.833 bits per heavy atom. The van der Waals surface area contributed by atoms with Gasteiger partial charge in [-0.3, -0.25) is 4.90 Å². The second-order valence-electron chi connectivity index (χ2n) is 7.44. The minimum absolute atomic E-state index is 0.661. The highest BCUT2D eigenvalue weighted by molar-refractivity contribution is 5.46. The molecule has 0 amide bonds. The SMILES string of the molecule is c1ccc(CNc2ncc(CN3CCN(c4ccc5nccn5n4)CC3)cn2)cc1. The largest absolute Gasteiger partial charge is 0.353 e. The van der Waals surface area contributed by atoms with Gasteiger partial charge in [0.05, 0.1) is 0 Å². The van der Waals surface area contributed by atoms with Gasteiger partial charge in [-0.15, -0.1) is 5.10 Å². The van der Waals surface area contributed by atoms with E-state index in [0.717, 1.165) is 56.3 Å². The molecule has 0 aliphatic carbocycles. The van der Waals surface area contributed by atoms with E-state index in [-0.39, 0.29) is 0 Å². The van der Waals surface area contributed by atoms with Crippen LogP contribution in [0.3, 0.4) is 0 Å². The van der Waals surface area contributed by atoms with E-state index in [2.05, 4.69) is 47.3 Å². The number of aromatic nitrogens is 5. The molecule has 152 valence electrons. The molecule has 0 spiro atoms. The summed E-state index contributed by atoms with van der Waals surface area (Å²) in [5, 5.41) is 7.92. The van der Waals surface area contributed by atoms with Gasteiger partial charge in [-0.25, -0.2) is 19.5 Å². The Balaban J connectivity index is 1.12. The van der Waals surface area contributed by atoms with Crippen LogP contribution in [0.15, 0.2) is 67.3 Å². The van der Waals surface area contributed by atoms with Crippen molar-refractivity contribution in [2.24, 2.45) is 0 Å². The number of nitrogens with zero attached hydrogens (tertiary/aromatic N) is 7. The highest BCUT2D eigenvalue weighted by Gasteiger charge is 2.19. The summed E-state index contributed by atoms with van der Waals surface area (Å²) in [6, 6.07) is 14.3. The van der Waals surface area contributed by atoms with Gasteiger partial charge < -0.3 is 10.2 Å². The van der Waals surface area contributed by atoms with E-state index < -0.39 is 0 Å². The maximum Gasteiger partial charge on any atom is 0.222 e. The fourth-order valence-electron chi connectivity index (χ4n) is 3.67. The number of fused-ring (bicyclic) bond motifs is 1. The molecule has 3 aromatic heterocycles. The van der Waals surface area contributed by atoms with Crippen molar-refractivity contribution in [3.63, 3.8) is 0 Å². The first-order chi connectivity index (χ1) is 14.8. The zero-order valence-electron chi connectivity index (χ0n) is 16.7. The number of nitrogens with one attached hydrogen (secondary N) is 1. The van der Waals surface area contributed by atoms with Gasteiger partial charge in [0, 0.05) is 69.6 Å². The molecule has 8 heteroatoms. The van der Waals surface area contributed by atoms with Crippen LogP contribution in [0.25, 0.3) is 5.65 Å². The second kappa shape index (κ2) is 8.46. The molecule has 0 atom stereocenters. The molecule has 30 heavy (non-hydrogen) atoms. The lowest BCUT2D eigenvalue weighted by Crippen LogP contribution is -2.46. The van der Waals surface area contributed by atoms with Crippen LogP contribution >= 0.6 is 0 Å². The van der Waals surface area contributed by atoms with E-state index >= 15 is 0 Å². The molecule has 1 aromatic carbocycles. The number of piperazine rings is 1. The van der Waals surface area contributed by atoms with Crippen molar-refractivity contribution in [1.29, 1.82) is 0 Å². The molecule has 4 heterocycles. The lowest BCUT2D eigenvalue weighted by molar-refractivity contribution is 0.248. The average molecular weight is 400 g/mol. The van der Waals surface area contributed by atoms with E-state index in [9.17, 15) is 0 Å². The Kier molecular flexibility index (Phi) is 5.22. The molecule has 0 unspecified atom stereocenters. The van der Waals surface area contributed by atoms with E-state index in [0.29, 0.717) is 5.95 Å². The third-order valence-corrected chi connectivity index (χ3v) is 5.34. The average Bonchev–Trinajstić information content (AvgIpc) is 3.28. The third-order valence-electron chi connectivity index (χ3n) is 5.34. The van der Waals surface area contributed by atoms with Gasteiger partial charge in [0.25, 0.3) is 0 Å². The molecule has 4 aromatic rings. The number of hydrogen-bond donors (Lipinski definition) is 1. The van der Waals surface area contributed by atoms with E-state index in [4.69, 9.17) is 0 Å². The maximum atomic E-state index is 4.65. The smallest absolute Gasteiger partial charge is 0.222 e. The molecule has 5 rings (SSSR count). The Labute approximate surface area is 175 Å². The molecule has 0 bridgehead atoms. The Morgan fingerprint density at radius 3 is 2.43 bits per heavy atom. The first-order valence-corrected chi connectivity index (χ1v) is 10.2. The topological polar surface area (TPSA) is 74.5 Å². The summed E-state index contributed by atoms with van der Waals surface area (Å²) in [6.07, 6.45) is 7.49. The minimum atomic E-state index is 0.661. The summed E-state index contributed by atoms with van der Waals surface area (Å²) in [7, 11) is 0. The van der Waals surface area contributed by atoms with Gasteiger partial charge in [0.1, 0.15) is 5.82 Å². The number of hydrogen-bond acceptors (Lipinski definition) is 7. The summed E-state index contributed by atoms with van der Waals surface area (Å²) in [5.74, 6) is 1.66. The minimum Gasteiger partial charge on any atom is -0.353 e. The molecule has 1 aliphatic rings. The number of rotatable bonds is 6. The summed E-state index contributed by atoms with van der Waals surface area (Å²) < 4.78 is 1.83. The van der Waals surface area contributed by atoms with Crippen LogP contribution in [-0.4, -0.2) is 55.6 Å². The summed E-state index contributed by atoms with van der Waals surface area (Å²) in [5.41, 5.74) is 3.22. The van der Waals surface area contributed by atoms with Crippen LogP contribution in [0.2, 0.25) is 0 Å². The zero-order chi connectivity index (χ0) is 20.2. The normalized spacial score (nSPS) is 14.9. The molecular formula is C22H24N8. The van der Waals surface area contributed by atoms with Crippen molar-refractivity contribution < 1.29 is 0 Å². The first-order valence-electron chi connectivity index (χ1n) is 10.2. The lowest BCUT2D eigenvalue weighted by atomic mass is 10.2. The van der Waals surface area contributed by atoms with E-state index in [1.165, 1.54) is 5.56 Å². The van der Waals surface area contributed by atoms with E-state index in [1.54, 1.807) is 6.20 Å². The van der Waals surface area contributed by atoms with Crippen LogP contribution < -0.4 is 10.2 Å². The van der Waals surface area contributed by atoms with Gasteiger partial charge >= 0.3 is 0 Å². The molecular weight excluding hydrogens is 376 g/mol. The van der Waals surface area contributed by atoms with Crippen LogP contribution in [0.1, 0.15) is 11.1 Å². The van der Waals surface area contributed by atoms with Gasteiger partial charge in [0.15, 0.2) is 5.65 Å². The van der Waals surface area contributed by atoms with Crippen LogP contribution in [0.5, 0.6) is 0 Å². The van der Waals surface area contributed by atoms with Gasteiger partial charge in [-0.2, -0.15) is 0 Å². The van der Waals surface area contributed by atoms with Crippen LogP contribution in [0.4, 0.5) is 11.8 Å². The monoisotopic (exact) mass is 400 g/mol. The molecule has 1 aliphatic heterocycles. The van der Waals surface area contributed by atoms with Gasteiger partial charge in [-0.05, 0) is 17.7 Å². The number of benzene rings is 1. The highest BCUT2D eigenvalue weighted by Crippen LogP contribution is 2.15. The highest BCUT2D eigenvalue weighted by atomic mass is 15.3. The quantitative estimate of drug-likeness (QED) is 0.533. The van der Waals surface area contributed by atoms with Crippen molar-refractivity contribution in [2.75, 3.05) is 36.4 Å². The third kappa shape index (κ3) is 4.23. The second-order valence-corrected chi connectivity index (χ2v) is 7.44. The maximum absolute atomic E-state index is 4.65. The van der Waals surface area contributed by atoms with Crippen molar-refractivity contribution >= 4 is 17.4 Å². The molecule has 1 fully saturated rings. The predicted octanol–water partition coefficient (Wildman–Crippen LogP) is 2.45. The molecule has 0 radical (unpaired) electrons. The van der Waals surface area contributed by atoms with Crippen molar-refractivity contribution in [2.45, 2.75) is 13.1 Å². The summed E-state index contributed by atoms with van der Waals surface area (Å²) in [6.45, 7) is 5.45. The summed E-state index contributed by atoms with van der Waals surface area (Å²) in [4.78, 5) is 17.9. The standard InChI is InChI=1S/C22H24N8/c1-2-4-18(5-3-1)14-24-22-25-15-19(16-26-22)17-28-10-12-29(13-11-28)21-7-6-20-23-8-9-30(20)27-21/h1-9,15-16H,10-14,17H2,(H,24,25,26). The molecule has 0 saturated carbocycles. The van der Waals surface area contributed by atoms with Crippen molar-refractivity contribution in [1.82, 2.24) is 29.5 Å². The first kappa shape index (κ1) is 18.5. The predicted molar refractivity (Wildman–Crippen MR) is 116 cm³/mol. The number of anilines is 2. The Morgan fingerprint density at radius 2 is 1.63 bits per heavy atom. The van der Waals surface area contributed by atoms with Gasteiger partial charge in [0.2, 0.25) is 5.95 Å². The summed E-state index contributed by atoms with van der Waals surface area (Å²) >= 11 is 0. The van der Waals surface area contributed by atoms with E-state index in [1.807, 2.05) is 53.4 Å². The van der Waals surface area contributed by atoms with Crippen molar-refractivity contribution in [3.05, 3.63) is 78.4 Å². The number of imidazole rings is 1. The fraction of sp³-hybridized carbons (Fsp3) is 0.273. The fourth-order valence-corrected chi connectivity index (χ4v) is 3.67. The van der Waals surface area contributed by atoms with Crippen LogP contribution in [0, 0.1) is 0 Å². The Hall–Kier alpha value is -3.52. The molecule has 1 N–H and O–H groups in total. The van der Waals surface area contributed by atoms with Crippen molar-refractivity contribution in [3.8, 4) is 0 Å². The lowest BCUT2D eigenvalue weighted by Gasteiger charge is -2.35. The Bertz CT molecular complexity index is 1090. The molecule has 8 nitrogen and oxygen atoms in total.